The van der Waals surface area contributed by atoms with Gasteiger partial charge in [0.05, 0.1) is 10.0 Å². The number of hydrogen-bond donors (Lipinski definition) is 1. The van der Waals surface area contributed by atoms with E-state index in [2.05, 4.69) is 40.3 Å². The summed E-state index contributed by atoms with van der Waals surface area (Å²) in [4.78, 5) is 0. The van der Waals surface area contributed by atoms with Gasteiger partial charge in [-0.05, 0) is 60.0 Å². The molecule has 0 fully saturated rings. The number of aromatic nitrogens is 1. The average Bonchev–Trinajstić information content (AvgIpc) is 3.07. The number of para-hydroxylation sites is 1. The van der Waals surface area contributed by atoms with Gasteiger partial charge in [0.2, 0.25) is 0 Å². The van der Waals surface area contributed by atoms with Gasteiger partial charge in [0.1, 0.15) is 5.82 Å². The third-order valence-electron chi connectivity index (χ3n) is 5.03. The van der Waals surface area contributed by atoms with E-state index in [1.165, 1.54) is 28.6 Å². The Hall–Kier alpha value is -2.33. The standard InChI is InChI=1S/C24H21Cl2FN2/c25-22-10-7-18(13-23(22)26)15-29-16-19(21-3-1-2-4-24(21)29)14-28-12-11-17-5-8-20(27)9-6-17/h1-10,13,16,28H,11-12,14-15H2. The van der Waals surface area contributed by atoms with Crippen molar-refractivity contribution in [1.82, 2.24) is 9.88 Å². The number of nitrogens with zero attached hydrogens (tertiary/aromatic N) is 1. The highest BCUT2D eigenvalue weighted by Crippen LogP contribution is 2.26. The minimum absolute atomic E-state index is 0.198. The van der Waals surface area contributed by atoms with E-state index in [4.69, 9.17) is 23.2 Å². The second-order valence-electron chi connectivity index (χ2n) is 7.10. The van der Waals surface area contributed by atoms with Gasteiger partial charge in [0, 0.05) is 30.2 Å². The average molecular weight is 427 g/mol. The zero-order chi connectivity index (χ0) is 20.2. The zero-order valence-electron chi connectivity index (χ0n) is 15.8. The molecule has 0 unspecified atom stereocenters. The SMILES string of the molecule is Fc1ccc(CCNCc2cn(Cc3ccc(Cl)c(Cl)c3)c3ccccc23)cc1. The van der Waals surface area contributed by atoms with E-state index >= 15 is 0 Å². The van der Waals surface area contributed by atoms with Gasteiger partial charge in [-0.25, -0.2) is 4.39 Å². The van der Waals surface area contributed by atoms with Crippen molar-refractivity contribution in [2.45, 2.75) is 19.5 Å². The van der Waals surface area contributed by atoms with Gasteiger partial charge >= 0.3 is 0 Å². The van der Waals surface area contributed by atoms with E-state index in [9.17, 15) is 4.39 Å². The van der Waals surface area contributed by atoms with Gasteiger partial charge in [-0.3, -0.25) is 0 Å². The van der Waals surface area contributed by atoms with Crippen LogP contribution in [0.3, 0.4) is 0 Å². The van der Waals surface area contributed by atoms with Gasteiger partial charge in [-0.15, -0.1) is 0 Å². The van der Waals surface area contributed by atoms with Gasteiger partial charge in [0.25, 0.3) is 0 Å². The first-order valence-corrected chi connectivity index (χ1v) is 10.3. The largest absolute Gasteiger partial charge is 0.343 e. The van der Waals surface area contributed by atoms with Crippen LogP contribution in [0.5, 0.6) is 0 Å². The third-order valence-corrected chi connectivity index (χ3v) is 5.77. The van der Waals surface area contributed by atoms with Crippen LogP contribution in [0.2, 0.25) is 10.0 Å². The number of halogens is 3. The summed E-state index contributed by atoms with van der Waals surface area (Å²) in [5.41, 5.74) is 4.67. The topological polar surface area (TPSA) is 17.0 Å². The van der Waals surface area contributed by atoms with Crippen molar-refractivity contribution in [2.24, 2.45) is 0 Å². The number of fused-ring (bicyclic) bond motifs is 1. The molecule has 0 aliphatic heterocycles. The summed E-state index contributed by atoms with van der Waals surface area (Å²) in [6.07, 6.45) is 3.06. The maximum atomic E-state index is 13.0. The number of hydrogen-bond acceptors (Lipinski definition) is 1. The highest BCUT2D eigenvalue weighted by molar-refractivity contribution is 6.42. The molecule has 2 nitrogen and oxygen atoms in total. The fourth-order valence-electron chi connectivity index (χ4n) is 3.54. The van der Waals surface area contributed by atoms with Gasteiger partial charge in [-0.1, -0.05) is 59.6 Å². The van der Waals surface area contributed by atoms with Crippen molar-refractivity contribution in [2.75, 3.05) is 6.54 Å². The monoisotopic (exact) mass is 426 g/mol. The first kappa shape index (κ1) is 20.0. The van der Waals surface area contributed by atoms with Crippen molar-refractivity contribution < 1.29 is 4.39 Å². The molecule has 3 aromatic carbocycles. The Morgan fingerprint density at radius 2 is 1.62 bits per heavy atom. The van der Waals surface area contributed by atoms with E-state index in [-0.39, 0.29) is 5.82 Å². The second-order valence-corrected chi connectivity index (χ2v) is 7.92. The van der Waals surface area contributed by atoms with Crippen LogP contribution in [0.1, 0.15) is 16.7 Å². The first-order chi connectivity index (χ1) is 14.1. The molecular weight excluding hydrogens is 406 g/mol. The maximum absolute atomic E-state index is 13.0. The Labute approximate surface area is 179 Å². The van der Waals surface area contributed by atoms with E-state index in [1.807, 2.05) is 30.3 Å². The molecule has 29 heavy (non-hydrogen) atoms. The lowest BCUT2D eigenvalue weighted by atomic mass is 10.1. The molecular formula is C24H21Cl2FN2. The summed E-state index contributed by atoms with van der Waals surface area (Å²) in [6.45, 7) is 2.33. The summed E-state index contributed by atoms with van der Waals surface area (Å²) in [5, 5.41) is 5.88. The highest BCUT2D eigenvalue weighted by Gasteiger charge is 2.09. The van der Waals surface area contributed by atoms with E-state index < -0.39 is 0 Å². The molecule has 0 bridgehead atoms. The molecule has 0 saturated heterocycles. The smallest absolute Gasteiger partial charge is 0.123 e. The summed E-state index contributed by atoms with van der Waals surface area (Å²) < 4.78 is 15.3. The van der Waals surface area contributed by atoms with E-state index in [0.717, 1.165) is 37.2 Å². The van der Waals surface area contributed by atoms with E-state index in [0.29, 0.717) is 10.0 Å². The van der Waals surface area contributed by atoms with E-state index in [1.54, 1.807) is 0 Å². The number of benzene rings is 3. The Morgan fingerprint density at radius 1 is 0.862 bits per heavy atom. The van der Waals surface area contributed by atoms with Crippen LogP contribution in [0.25, 0.3) is 10.9 Å². The third kappa shape index (κ3) is 4.81. The molecule has 4 aromatic rings. The highest BCUT2D eigenvalue weighted by atomic mass is 35.5. The molecule has 5 heteroatoms. The fourth-order valence-corrected chi connectivity index (χ4v) is 3.86. The van der Waals surface area contributed by atoms with Crippen molar-refractivity contribution in [3.63, 3.8) is 0 Å². The fraction of sp³-hybridized carbons (Fsp3) is 0.167. The van der Waals surface area contributed by atoms with Gasteiger partial charge < -0.3 is 9.88 Å². The molecule has 1 heterocycles. The molecule has 1 aromatic heterocycles. The summed E-state index contributed by atoms with van der Waals surface area (Å²) in [6, 6.07) is 20.8. The van der Waals surface area contributed by atoms with Crippen LogP contribution in [-0.2, 0) is 19.5 Å². The summed E-state index contributed by atoms with van der Waals surface area (Å²) in [7, 11) is 0. The number of nitrogens with one attached hydrogen (secondary N) is 1. The van der Waals surface area contributed by atoms with Crippen LogP contribution in [0.4, 0.5) is 4.39 Å². The first-order valence-electron chi connectivity index (χ1n) is 9.56. The molecule has 0 aliphatic carbocycles. The van der Waals surface area contributed by atoms with Crippen LogP contribution in [0.15, 0.2) is 72.9 Å². The molecule has 0 spiro atoms. The Bertz CT molecular complexity index is 1120. The van der Waals surface area contributed by atoms with Crippen LogP contribution in [-0.4, -0.2) is 11.1 Å². The van der Waals surface area contributed by atoms with Gasteiger partial charge in [0.15, 0.2) is 0 Å². The maximum Gasteiger partial charge on any atom is 0.123 e. The molecule has 0 amide bonds. The summed E-state index contributed by atoms with van der Waals surface area (Å²) >= 11 is 12.2. The Morgan fingerprint density at radius 3 is 2.41 bits per heavy atom. The lowest BCUT2D eigenvalue weighted by Gasteiger charge is -2.07. The van der Waals surface area contributed by atoms with Crippen molar-refractivity contribution in [1.29, 1.82) is 0 Å². The minimum Gasteiger partial charge on any atom is -0.343 e. The molecule has 148 valence electrons. The van der Waals surface area contributed by atoms with Crippen LogP contribution in [0, 0.1) is 5.82 Å². The summed E-state index contributed by atoms with van der Waals surface area (Å²) in [5.74, 6) is -0.198. The second kappa shape index (κ2) is 9.00. The lowest BCUT2D eigenvalue weighted by Crippen LogP contribution is -2.16. The van der Waals surface area contributed by atoms with Crippen molar-refractivity contribution in [3.05, 3.63) is 105 Å². The Kier molecular flexibility index (Phi) is 6.19. The molecule has 0 radical (unpaired) electrons. The quantitative estimate of drug-likeness (QED) is 0.335. The molecule has 0 aliphatic rings. The number of rotatable bonds is 7. The molecule has 1 N–H and O–H groups in total. The lowest BCUT2D eigenvalue weighted by molar-refractivity contribution is 0.626. The van der Waals surface area contributed by atoms with Crippen molar-refractivity contribution in [3.8, 4) is 0 Å². The minimum atomic E-state index is -0.198. The predicted octanol–water partition coefficient (Wildman–Crippen LogP) is 6.47. The van der Waals surface area contributed by atoms with Gasteiger partial charge in [-0.2, -0.15) is 0 Å². The molecule has 4 rings (SSSR count). The zero-order valence-corrected chi connectivity index (χ0v) is 17.3. The normalized spacial score (nSPS) is 11.3. The predicted molar refractivity (Wildman–Crippen MR) is 119 cm³/mol. The van der Waals surface area contributed by atoms with Crippen molar-refractivity contribution >= 4 is 34.1 Å². The molecule has 0 saturated carbocycles. The van der Waals surface area contributed by atoms with Crippen LogP contribution >= 0.6 is 23.2 Å². The van der Waals surface area contributed by atoms with Crippen LogP contribution < -0.4 is 5.32 Å². The molecule has 0 atom stereocenters. The Balaban J connectivity index is 1.46.